The van der Waals surface area contributed by atoms with E-state index in [-0.39, 0.29) is 5.91 Å². The lowest BCUT2D eigenvalue weighted by Crippen LogP contribution is -2.28. The van der Waals surface area contributed by atoms with Gasteiger partial charge in [-0.3, -0.25) is 4.79 Å². The molecule has 1 saturated carbocycles. The van der Waals surface area contributed by atoms with Crippen LogP contribution >= 0.6 is 0 Å². The molecule has 0 atom stereocenters. The molecule has 0 aromatic heterocycles. The third-order valence-electron chi connectivity index (χ3n) is 2.68. The Labute approximate surface area is 112 Å². The van der Waals surface area contributed by atoms with Gasteiger partial charge in [-0.15, -0.1) is 0 Å². The van der Waals surface area contributed by atoms with Gasteiger partial charge < -0.3 is 4.90 Å². The van der Waals surface area contributed by atoms with Crippen LogP contribution in [-0.2, 0) is 0 Å². The molecule has 0 N–H and O–H groups in total. The maximum atomic E-state index is 11.9. The first-order valence-corrected chi connectivity index (χ1v) is 7.02. The van der Waals surface area contributed by atoms with Crippen LogP contribution in [0.5, 0.6) is 0 Å². The molecule has 0 bridgehead atoms. The maximum Gasteiger partial charge on any atom is 0.253 e. The lowest BCUT2D eigenvalue weighted by molar-refractivity contribution is 0.0785. The molecular formula is C16H27NO. The summed E-state index contributed by atoms with van der Waals surface area (Å²) in [5, 5.41) is 0. The normalized spacial score (nSPS) is 12.6. The minimum absolute atomic E-state index is 0.149. The first-order chi connectivity index (χ1) is 8.68. The topological polar surface area (TPSA) is 20.3 Å². The van der Waals surface area contributed by atoms with E-state index in [1.54, 1.807) is 0 Å². The van der Waals surface area contributed by atoms with Crippen molar-refractivity contribution in [1.29, 1.82) is 0 Å². The summed E-state index contributed by atoms with van der Waals surface area (Å²) in [5.41, 5.74) is 1.94. The molecule has 102 valence electrons. The highest BCUT2D eigenvalue weighted by Crippen LogP contribution is 2.26. The number of aryl methyl sites for hydroxylation is 1. The number of amides is 1. The first-order valence-electron chi connectivity index (χ1n) is 7.02. The van der Waals surface area contributed by atoms with Gasteiger partial charge in [-0.05, 0) is 31.9 Å². The molecule has 2 rings (SSSR count). The molecule has 0 unspecified atom stereocenters. The van der Waals surface area contributed by atoms with E-state index in [2.05, 4.69) is 0 Å². The van der Waals surface area contributed by atoms with Gasteiger partial charge in [0.05, 0.1) is 0 Å². The summed E-state index contributed by atoms with van der Waals surface area (Å²) in [6, 6.07) is 8.26. The zero-order valence-electron chi connectivity index (χ0n) is 12.7. The van der Waals surface area contributed by atoms with Gasteiger partial charge in [-0.2, -0.15) is 0 Å². The van der Waals surface area contributed by atoms with Crippen molar-refractivity contribution in [1.82, 2.24) is 4.90 Å². The fourth-order valence-corrected chi connectivity index (χ4v) is 1.61. The summed E-state index contributed by atoms with van der Waals surface area (Å²) >= 11 is 0. The fraction of sp³-hybridized carbons (Fsp3) is 0.562. The molecule has 0 aliphatic heterocycles. The number of benzene rings is 1. The van der Waals surface area contributed by atoms with Crippen LogP contribution in [0.3, 0.4) is 0 Å². The van der Waals surface area contributed by atoms with Crippen molar-refractivity contribution < 1.29 is 4.79 Å². The summed E-state index contributed by atoms with van der Waals surface area (Å²) in [7, 11) is 1.89. The van der Waals surface area contributed by atoms with E-state index < -0.39 is 0 Å². The average molecular weight is 249 g/mol. The molecule has 0 spiro atoms. The Hall–Kier alpha value is -1.31. The van der Waals surface area contributed by atoms with Crippen molar-refractivity contribution in [2.75, 3.05) is 7.05 Å². The highest BCUT2D eigenvalue weighted by molar-refractivity contribution is 5.94. The SMILES string of the molecule is CC.CC.Cc1cccc(C(=O)N(C)C2CC2)c1. The summed E-state index contributed by atoms with van der Waals surface area (Å²) in [5.74, 6) is 0.149. The molecule has 1 aromatic rings. The fourth-order valence-electron chi connectivity index (χ4n) is 1.61. The van der Waals surface area contributed by atoms with Crippen LogP contribution in [-0.4, -0.2) is 23.9 Å². The van der Waals surface area contributed by atoms with Crippen LogP contribution in [0.4, 0.5) is 0 Å². The molecule has 1 amide bonds. The molecule has 1 fully saturated rings. The molecule has 1 aliphatic rings. The second-order valence-electron chi connectivity index (χ2n) is 4.02. The Morgan fingerprint density at radius 2 is 1.72 bits per heavy atom. The summed E-state index contributed by atoms with van der Waals surface area (Å²) in [6.45, 7) is 10.0. The first kappa shape index (κ1) is 16.7. The lowest BCUT2D eigenvalue weighted by atomic mass is 10.1. The molecule has 1 aromatic carbocycles. The van der Waals surface area contributed by atoms with E-state index >= 15 is 0 Å². The smallest absolute Gasteiger partial charge is 0.253 e. The Kier molecular flexibility index (Phi) is 8.10. The third kappa shape index (κ3) is 4.91. The van der Waals surface area contributed by atoms with E-state index in [0.29, 0.717) is 6.04 Å². The Morgan fingerprint density at radius 1 is 1.17 bits per heavy atom. The van der Waals surface area contributed by atoms with Crippen molar-refractivity contribution in [3.8, 4) is 0 Å². The molecule has 0 saturated heterocycles. The zero-order chi connectivity index (χ0) is 14.1. The van der Waals surface area contributed by atoms with Crippen molar-refractivity contribution in [2.24, 2.45) is 0 Å². The molecule has 1 aliphatic carbocycles. The number of hydrogen-bond acceptors (Lipinski definition) is 1. The standard InChI is InChI=1S/C12H15NO.2C2H6/c1-9-4-3-5-10(8-9)12(14)13(2)11-6-7-11;2*1-2/h3-5,8,11H,6-7H2,1-2H3;2*1-2H3. The van der Waals surface area contributed by atoms with Crippen molar-refractivity contribution in [3.05, 3.63) is 35.4 Å². The summed E-state index contributed by atoms with van der Waals surface area (Å²) in [4.78, 5) is 13.8. The Bertz CT molecular complexity index is 356. The quantitative estimate of drug-likeness (QED) is 0.766. The van der Waals surface area contributed by atoms with Crippen LogP contribution in [0.25, 0.3) is 0 Å². The van der Waals surface area contributed by atoms with Gasteiger partial charge in [0.1, 0.15) is 0 Å². The predicted molar refractivity (Wildman–Crippen MR) is 79.0 cm³/mol. The van der Waals surface area contributed by atoms with Crippen molar-refractivity contribution >= 4 is 5.91 Å². The Morgan fingerprint density at radius 3 is 2.17 bits per heavy atom. The van der Waals surface area contributed by atoms with Crippen molar-refractivity contribution in [3.63, 3.8) is 0 Å². The average Bonchev–Trinajstić information content (AvgIpc) is 3.26. The van der Waals surface area contributed by atoms with E-state index in [1.165, 1.54) is 0 Å². The molecule has 2 nitrogen and oxygen atoms in total. The number of nitrogens with zero attached hydrogens (tertiary/aromatic N) is 1. The van der Waals surface area contributed by atoms with Crippen LogP contribution in [0, 0.1) is 6.92 Å². The molecular weight excluding hydrogens is 222 g/mol. The van der Waals surface area contributed by atoms with E-state index in [1.807, 2.05) is 70.8 Å². The van der Waals surface area contributed by atoms with Crippen molar-refractivity contribution in [2.45, 2.75) is 53.5 Å². The molecule has 0 heterocycles. The van der Waals surface area contributed by atoms with E-state index in [0.717, 1.165) is 24.0 Å². The highest BCUT2D eigenvalue weighted by Gasteiger charge is 2.29. The molecule has 0 radical (unpaired) electrons. The van der Waals surface area contributed by atoms with E-state index in [9.17, 15) is 4.79 Å². The summed E-state index contributed by atoms with van der Waals surface area (Å²) in [6.07, 6.45) is 2.32. The molecule has 18 heavy (non-hydrogen) atoms. The lowest BCUT2D eigenvalue weighted by Gasteiger charge is -2.16. The second kappa shape index (κ2) is 8.73. The highest BCUT2D eigenvalue weighted by atomic mass is 16.2. The third-order valence-corrected chi connectivity index (χ3v) is 2.68. The van der Waals surface area contributed by atoms with Crippen LogP contribution in [0.2, 0.25) is 0 Å². The van der Waals surface area contributed by atoms with Gasteiger partial charge in [0.2, 0.25) is 0 Å². The maximum absolute atomic E-state index is 11.9. The molecule has 2 heteroatoms. The Balaban J connectivity index is 0.000000659. The van der Waals surface area contributed by atoms with Crippen LogP contribution in [0.1, 0.15) is 56.5 Å². The number of carbonyl (C=O) groups is 1. The van der Waals surface area contributed by atoms with Gasteiger partial charge >= 0.3 is 0 Å². The number of rotatable bonds is 2. The largest absolute Gasteiger partial charge is 0.339 e. The monoisotopic (exact) mass is 249 g/mol. The van der Waals surface area contributed by atoms with Gasteiger partial charge in [-0.25, -0.2) is 0 Å². The van der Waals surface area contributed by atoms with Crippen LogP contribution < -0.4 is 0 Å². The van der Waals surface area contributed by atoms with Gasteiger partial charge in [0.15, 0.2) is 0 Å². The minimum Gasteiger partial charge on any atom is -0.339 e. The van der Waals surface area contributed by atoms with Gasteiger partial charge in [0, 0.05) is 18.7 Å². The predicted octanol–water partition coefficient (Wildman–Crippen LogP) is 4.28. The second-order valence-corrected chi connectivity index (χ2v) is 4.02. The zero-order valence-corrected chi connectivity index (χ0v) is 12.7. The van der Waals surface area contributed by atoms with E-state index in [4.69, 9.17) is 0 Å². The number of hydrogen-bond donors (Lipinski definition) is 0. The van der Waals surface area contributed by atoms with Crippen LogP contribution in [0.15, 0.2) is 24.3 Å². The number of carbonyl (C=O) groups excluding carboxylic acids is 1. The minimum atomic E-state index is 0.149. The van der Waals surface area contributed by atoms with Gasteiger partial charge in [-0.1, -0.05) is 45.4 Å². The summed E-state index contributed by atoms with van der Waals surface area (Å²) < 4.78 is 0. The van der Waals surface area contributed by atoms with Gasteiger partial charge in [0.25, 0.3) is 5.91 Å².